The van der Waals surface area contributed by atoms with Crippen LogP contribution >= 0.6 is 24.2 Å². The van der Waals surface area contributed by atoms with Gasteiger partial charge in [0.05, 0.1) is 11.3 Å². The van der Waals surface area contributed by atoms with Gasteiger partial charge in [-0.15, -0.1) is 0 Å². The van der Waals surface area contributed by atoms with Gasteiger partial charge in [-0.3, -0.25) is 0 Å². The minimum Gasteiger partial charge on any atom is -0.478 e. The summed E-state index contributed by atoms with van der Waals surface area (Å²) in [4.78, 5) is 10.8. The van der Waals surface area contributed by atoms with Crippen LogP contribution in [-0.4, -0.2) is 16.8 Å². The van der Waals surface area contributed by atoms with Crippen LogP contribution in [0, 0.1) is 11.8 Å². The molecule has 4 heteroatoms. The molecule has 0 fully saturated rings. The Bertz CT molecular complexity index is 418. The summed E-state index contributed by atoms with van der Waals surface area (Å²) in [5, 5.41) is 9.23. The number of hydrogen-bond acceptors (Lipinski definition) is 2. The first kappa shape index (κ1) is 11.0. The van der Waals surface area contributed by atoms with Crippen LogP contribution in [0.5, 0.6) is 0 Å². The maximum Gasteiger partial charge on any atom is 0.337 e. The van der Waals surface area contributed by atoms with Crippen molar-refractivity contribution in [2.24, 2.45) is 0 Å². The lowest BCUT2D eigenvalue weighted by Gasteiger charge is -1.98. The molecule has 0 spiro atoms. The molecule has 0 aromatic heterocycles. The Morgan fingerprint density at radius 2 is 2.29 bits per heavy atom. The van der Waals surface area contributed by atoms with E-state index in [2.05, 4.69) is 24.5 Å². The van der Waals surface area contributed by atoms with Crippen molar-refractivity contribution in [2.75, 3.05) is 5.75 Å². The van der Waals surface area contributed by atoms with Gasteiger partial charge in [-0.05, 0) is 18.2 Å². The minimum absolute atomic E-state index is 0.117. The molecule has 72 valence electrons. The molecular weight excluding hydrogens is 220 g/mol. The van der Waals surface area contributed by atoms with E-state index in [1.54, 1.807) is 12.1 Å². The Balaban J connectivity index is 3.22. The molecule has 0 aliphatic rings. The van der Waals surface area contributed by atoms with Gasteiger partial charge in [-0.25, -0.2) is 4.79 Å². The number of rotatable bonds is 1. The maximum atomic E-state index is 10.8. The molecule has 0 unspecified atom stereocenters. The molecule has 14 heavy (non-hydrogen) atoms. The van der Waals surface area contributed by atoms with Crippen molar-refractivity contribution >= 4 is 30.2 Å². The first-order valence-electron chi connectivity index (χ1n) is 3.77. The lowest BCUT2D eigenvalue weighted by molar-refractivity contribution is 0.0696. The minimum atomic E-state index is -1.03. The SMILES string of the molecule is O=C(O)c1cc(Cl)ccc1C#CCS. The third-order valence-corrected chi connectivity index (χ3v) is 1.91. The fraction of sp³-hybridized carbons (Fsp3) is 0.100. The maximum absolute atomic E-state index is 10.8. The van der Waals surface area contributed by atoms with Crippen LogP contribution in [0.15, 0.2) is 18.2 Å². The van der Waals surface area contributed by atoms with Crippen LogP contribution in [0.2, 0.25) is 5.02 Å². The van der Waals surface area contributed by atoms with E-state index in [1.165, 1.54) is 6.07 Å². The van der Waals surface area contributed by atoms with E-state index in [0.717, 1.165) is 0 Å². The number of carbonyl (C=O) groups is 1. The van der Waals surface area contributed by atoms with Crippen LogP contribution in [0.1, 0.15) is 15.9 Å². The van der Waals surface area contributed by atoms with Crippen molar-refractivity contribution in [3.63, 3.8) is 0 Å². The van der Waals surface area contributed by atoms with E-state index >= 15 is 0 Å². The monoisotopic (exact) mass is 226 g/mol. The predicted molar refractivity (Wildman–Crippen MR) is 59.1 cm³/mol. The quantitative estimate of drug-likeness (QED) is 0.570. The Hall–Kier alpha value is -1.11. The van der Waals surface area contributed by atoms with Gasteiger partial charge in [0.1, 0.15) is 0 Å². The third-order valence-electron chi connectivity index (χ3n) is 1.51. The molecule has 0 aliphatic heterocycles. The van der Waals surface area contributed by atoms with Crippen molar-refractivity contribution in [2.45, 2.75) is 0 Å². The van der Waals surface area contributed by atoms with Crippen LogP contribution in [-0.2, 0) is 0 Å². The lowest BCUT2D eigenvalue weighted by atomic mass is 10.1. The van der Waals surface area contributed by atoms with E-state index in [0.29, 0.717) is 16.3 Å². The fourth-order valence-corrected chi connectivity index (χ4v) is 1.19. The molecule has 0 aliphatic carbocycles. The zero-order valence-corrected chi connectivity index (χ0v) is 8.77. The first-order chi connectivity index (χ1) is 6.65. The number of carboxylic acid groups (broad SMARTS) is 1. The molecule has 0 heterocycles. The molecule has 1 aromatic carbocycles. The van der Waals surface area contributed by atoms with Gasteiger partial charge in [0.2, 0.25) is 0 Å². The topological polar surface area (TPSA) is 37.3 Å². The molecule has 0 saturated carbocycles. The molecule has 1 rings (SSSR count). The molecule has 0 radical (unpaired) electrons. The average molecular weight is 227 g/mol. The molecule has 1 aromatic rings. The molecule has 1 N–H and O–H groups in total. The fourth-order valence-electron chi connectivity index (χ4n) is 0.937. The molecule has 0 bridgehead atoms. The zero-order valence-electron chi connectivity index (χ0n) is 7.12. The van der Waals surface area contributed by atoms with E-state index in [4.69, 9.17) is 16.7 Å². The highest BCUT2D eigenvalue weighted by atomic mass is 35.5. The average Bonchev–Trinajstić information content (AvgIpc) is 2.15. The van der Waals surface area contributed by atoms with Gasteiger partial charge >= 0.3 is 5.97 Å². The van der Waals surface area contributed by atoms with Crippen LogP contribution in [0.25, 0.3) is 0 Å². The smallest absolute Gasteiger partial charge is 0.337 e. The largest absolute Gasteiger partial charge is 0.478 e. The number of thiol groups is 1. The Morgan fingerprint density at radius 1 is 1.57 bits per heavy atom. The van der Waals surface area contributed by atoms with Crippen molar-refractivity contribution < 1.29 is 9.90 Å². The normalized spacial score (nSPS) is 9.00. The van der Waals surface area contributed by atoms with Crippen molar-refractivity contribution in [3.05, 3.63) is 34.3 Å². The van der Waals surface area contributed by atoms with Gasteiger partial charge in [-0.1, -0.05) is 23.4 Å². The van der Waals surface area contributed by atoms with Crippen molar-refractivity contribution in [1.82, 2.24) is 0 Å². The lowest BCUT2D eigenvalue weighted by Crippen LogP contribution is -1.99. The zero-order chi connectivity index (χ0) is 10.6. The van der Waals surface area contributed by atoms with Crippen LogP contribution in [0.3, 0.4) is 0 Å². The predicted octanol–water partition coefficient (Wildman–Crippen LogP) is 2.32. The summed E-state index contributed by atoms with van der Waals surface area (Å²) in [5.41, 5.74) is 0.572. The van der Waals surface area contributed by atoms with E-state index in [1.807, 2.05) is 0 Å². The number of halogens is 1. The summed E-state index contributed by atoms with van der Waals surface area (Å²) >= 11 is 9.58. The Morgan fingerprint density at radius 3 is 2.86 bits per heavy atom. The van der Waals surface area contributed by atoms with Gasteiger partial charge in [0.25, 0.3) is 0 Å². The molecular formula is C10H7ClO2S. The second-order valence-corrected chi connectivity index (χ2v) is 3.21. The van der Waals surface area contributed by atoms with E-state index < -0.39 is 5.97 Å². The van der Waals surface area contributed by atoms with Gasteiger partial charge in [0.15, 0.2) is 0 Å². The summed E-state index contributed by atoms with van der Waals surface area (Å²) in [7, 11) is 0. The summed E-state index contributed by atoms with van der Waals surface area (Å²) < 4.78 is 0. The standard InChI is InChI=1S/C10H7ClO2S/c11-8-4-3-7(2-1-5-14)9(6-8)10(12)13/h3-4,6,14H,5H2,(H,12,13). The summed E-state index contributed by atoms with van der Waals surface area (Å²) in [5.74, 6) is 4.75. The van der Waals surface area contributed by atoms with Crippen LogP contribution < -0.4 is 0 Å². The number of aromatic carboxylic acids is 1. The molecule has 0 saturated heterocycles. The third kappa shape index (κ3) is 2.69. The Kier molecular flexibility index (Phi) is 3.87. The number of hydrogen-bond donors (Lipinski definition) is 2. The number of carboxylic acids is 1. The molecule has 0 amide bonds. The van der Waals surface area contributed by atoms with E-state index in [-0.39, 0.29) is 5.56 Å². The van der Waals surface area contributed by atoms with E-state index in [9.17, 15) is 4.79 Å². The highest BCUT2D eigenvalue weighted by Crippen LogP contribution is 2.15. The van der Waals surface area contributed by atoms with Gasteiger partial charge in [0, 0.05) is 10.6 Å². The van der Waals surface area contributed by atoms with Crippen molar-refractivity contribution in [3.8, 4) is 11.8 Å². The highest BCUT2D eigenvalue weighted by molar-refractivity contribution is 7.80. The number of benzene rings is 1. The summed E-state index contributed by atoms with van der Waals surface area (Å²) in [6, 6.07) is 4.57. The second-order valence-electron chi connectivity index (χ2n) is 2.45. The highest BCUT2D eigenvalue weighted by Gasteiger charge is 2.08. The molecule has 0 atom stereocenters. The summed E-state index contributed by atoms with van der Waals surface area (Å²) in [6.45, 7) is 0. The van der Waals surface area contributed by atoms with Gasteiger partial charge in [-0.2, -0.15) is 12.6 Å². The Labute approximate surface area is 92.3 Å². The molecule has 2 nitrogen and oxygen atoms in total. The summed E-state index contributed by atoms with van der Waals surface area (Å²) in [6.07, 6.45) is 0. The first-order valence-corrected chi connectivity index (χ1v) is 4.78. The van der Waals surface area contributed by atoms with Crippen molar-refractivity contribution in [1.29, 1.82) is 0 Å². The van der Waals surface area contributed by atoms with Gasteiger partial charge < -0.3 is 5.11 Å². The van der Waals surface area contributed by atoms with Crippen LogP contribution in [0.4, 0.5) is 0 Å². The second kappa shape index (κ2) is 4.94.